The molecule has 5 heteroatoms. The van der Waals surface area contributed by atoms with Gasteiger partial charge in [-0.25, -0.2) is 0 Å². The minimum atomic E-state index is -1.42. The zero-order valence-corrected chi connectivity index (χ0v) is 22.1. The number of rotatable bonds is 9. The van der Waals surface area contributed by atoms with Crippen molar-refractivity contribution >= 4 is 23.3 Å². The first-order valence-corrected chi connectivity index (χ1v) is 18.0. The predicted molar refractivity (Wildman–Crippen MR) is 128 cm³/mol. The number of unbranched alkanes of at least 4 members (excludes halogenated alkanes) is 3. The van der Waals surface area contributed by atoms with Crippen LogP contribution in [0, 0.1) is 0 Å². The van der Waals surface area contributed by atoms with Crippen LogP contribution in [0.3, 0.4) is 0 Å². The Morgan fingerprint density at radius 1 is 0.778 bits per heavy atom. The molecule has 1 aliphatic heterocycles. The molecule has 0 atom stereocenters. The normalized spacial score (nSPS) is 21.1. The van der Waals surface area contributed by atoms with Crippen LogP contribution in [-0.4, -0.2) is 34.5 Å². The van der Waals surface area contributed by atoms with E-state index in [1.54, 1.807) is 0 Å². The van der Waals surface area contributed by atoms with Gasteiger partial charge in [0.1, 0.15) is 0 Å². The van der Waals surface area contributed by atoms with E-state index in [-0.39, 0.29) is 18.3 Å². The van der Waals surface area contributed by atoms with Gasteiger partial charge in [-0.15, -0.1) is 0 Å². The third-order valence-corrected chi connectivity index (χ3v) is 7.76. The molecule has 156 valence electrons. The van der Waals surface area contributed by atoms with Gasteiger partial charge in [0.25, 0.3) is 0 Å². The van der Waals surface area contributed by atoms with Crippen LogP contribution in [0.5, 0.6) is 0 Å². The summed E-state index contributed by atoms with van der Waals surface area (Å²) >= 11 is 0. The molecule has 0 amide bonds. The van der Waals surface area contributed by atoms with E-state index in [4.69, 9.17) is 9.31 Å². The van der Waals surface area contributed by atoms with E-state index >= 15 is 0 Å². The van der Waals surface area contributed by atoms with E-state index < -0.39 is 16.1 Å². The smallest absolute Gasteiger partial charge is 0.399 e. The van der Waals surface area contributed by atoms with Gasteiger partial charge in [-0.3, -0.25) is 0 Å². The van der Waals surface area contributed by atoms with Crippen molar-refractivity contribution in [1.29, 1.82) is 0 Å². The summed E-state index contributed by atoms with van der Waals surface area (Å²) in [6, 6.07) is 0. The van der Waals surface area contributed by atoms with Crippen LogP contribution in [-0.2, 0) is 9.31 Å². The quantitative estimate of drug-likeness (QED) is 0.228. The lowest BCUT2D eigenvalue weighted by Gasteiger charge is -2.32. The van der Waals surface area contributed by atoms with Crippen LogP contribution in [0.1, 0.15) is 66.7 Å². The molecular formula is C22H45BO2Si2. The molecule has 1 aliphatic rings. The second-order valence-corrected chi connectivity index (χ2v) is 21.4. The summed E-state index contributed by atoms with van der Waals surface area (Å²) in [4.78, 5) is 0. The summed E-state index contributed by atoms with van der Waals surface area (Å²) in [5.41, 5.74) is 7.36. The van der Waals surface area contributed by atoms with E-state index in [1.165, 1.54) is 36.7 Å². The van der Waals surface area contributed by atoms with Crippen molar-refractivity contribution in [1.82, 2.24) is 0 Å². The first kappa shape index (κ1) is 24.9. The van der Waals surface area contributed by atoms with E-state index in [1.807, 2.05) is 0 Å². The highest BCUT2D eigenvalue weighted by atomic mass is 28.3. The third kappa shape index (κ3) is 8.04. The Morgan fingerprint density at radius 3 is 1.67 bits per heavy atom. The molecule has 1 saturated heterocycles. The van der Waals surface area contributed by atoms with Crippen molar-refractivity contribution in [2.75, 3.05) is 0 Å². The first-order chi connectivity index (χ1) is 12.1. The van der Waals surface area contributed by atoms with E-state index in [2.05, 4.69) is 85.3 Å². The molecule has 0 bridgehead atoms. The summed E-state index contributed by atoms with van der Waals surface area (Å²) < 4.78 is 13.0. The zero-order valence-electron chi connectivity index (χ0n) is 20.1. The molecule has 0 spiro atoms. The third-order valence-electron chi connectivity index (χ3n) is 5.37. The van der Waals surface area contributed by atoms with Crippen molar-refractivity contribution < 1.29 is 9.31 Å². The van der Waals surface area contributed by atoms with Crippen molar-refractivity contribution in [3.8, 4) is 0 Å². The lowest BCUT2D eigenvalue weighted by atomic mass is 9.74. The minimum Gasteiger partial charge on any atom is -0.399 e. The lowest BCUT2D eigenvalue weighted by Crippen LogP contribution is -2.41. The van der Waals surface area contributed by atoms with Gasteiger partial charge in [0.2, 0.25) is 0 Å². The Bertz CT molecular complexity index is 536. The summed E-state index contributed by atoms with van der Waals surface area (Å²) in [5.74, 6) is 0. The summed E-state index contributed by atoms with van der Waals surface area (Å²) in [5, 5.41) is 0. The maximum atomic E-state index is 6.50. The van der Waals surface area contributed by atoms with Crippen LogP contribution >= 0.6 is 0 Å². The molecule has 0 aromatic carbocycles. The Balaban J connectivity index is 3.29. The molecule has 0 aliphatic carbocycles. The van der Waals surface area contributed by atoms with Gasteiger partial charge in [-0.2, -0.15) is 0 Å². The van der Waals surface area contributed by atoms with Gasteiger partial charge in [0.15, 0.2) is 0 Å². The van der Waals surface area contributed by atoms with Gasteiger partial charge in [0, 0.05) is 0 Å². The van der Waals surface area contributed by atoms with Crippen LogP contribution in [0.4, 0.5) is 0 Å². The Morgan fingerprint density at radius 2 is 1.26 bits per heavy atom. The summed E-state index contributed by atoms with van der Waals surface area (Å²) in [6.07, 6.45) is 6.31. The maximum absolute atomic E-state index is 6.50. The van der Waals surface area contributed by atoms with Crippen molar-refractivity contribution in [3.63, 3.8) is 0 Å². The van der Waals surface area contributed by atoms with E-state index in [0.717, 1.165) is 6.42 Å². The van der Waals surface area contributed by atoms with Gasteiger partial charge in [-0.1, -0.05) is 82.4 Å². The van der Waals surface area contributed by atoms with Crippen LogP contribution in [0.2, 0.25) is 39.3 Å². The van der Waals surface area contributed by atoms with Gasteiger partial charge < -0.3 is 9.31 Å². The fraction of sp³-hybridized carbons (Fsp3) is 0.818. The molecule has 27 heavy (non-hydrogen) atoms. The van der Waals surface area contributed by atoms with Crippen molar-refractivity contribution in [3.05, 3.63) is 22.4 Å². The standard InChI is InChI=1S/C22H45BO2Si2/c1-12-13-14-15-16-19(17-26(6,7)8)20(18-27(9,10)11)23-24-21(2,3)22(4,5)25-23/h17-18H,12-16H2,1-11H3/b19-17+,20-18-. The van der Waals surface area contributed by atoms with Gasteiger partial charge in [0.05, 0.1) is 27.3 Å². The Labute approximate surface area is 172 Å². The largest absolute Gasteiger partial charge is 0.494 e. The highest BCUT2D eigenvalue weighted by Gasteiger charge is 2.52. The summed E-state index contributed by atoms with van der Waals surface area (Å²) in [7, 11) is -3.01. The molecule has 0 N–H and O–H groups in total. The maximum Gasteiger partial charge on any atom is 0.494 e. The fourth-order valence-corrected chi connectivity index (χ4v) is 5.92. The second-order valence-electron chi connectivity index (χ2n) is 11.4. The molecule has 0 aromatic rings. The SMILES string of the molecule is CCCCCCC(=C\[Si](C)(C)C)/C(=C/[Si](C)(C)C)B1OC(C)(C)C(C)(C)O1. The van der Waals surface area contributed by atoms with E-state index in [0.29, 0.717) is 0 Å². The first-order valence-electron chi connectivity index (χ1n) is 10.9. The van der Waals surface area contributed by atoms with Gasteiger partial charge >= 0.3 is 7.12 Å². The molecule has 0 radical (unpaired) electrons. The molecular weight excluding hydrogens is 363 g/mol. The highest BCUT2D eigenvalue weighted by molar-refractivity contribution is 6.83. The zero-order chi connectivity index (χ0) is 21.1. The fourth-order valence-electron chi connectivity index (χ4n) is 3.31. The number of hydrogen-bond acceptors (Lipinski definition) is 2. The van der Waals surface area contributed by atoms with Gasteiger partial charge in [-0.05, 0) is 46.0 Å². The monoisotopic (exact) mass is 408 g/mol. The number of allylic oxidation sites excluding steroid dienone is 2. The topological polar surface area (TPSA) is 18.5 Å². The van der Waals surface area contributed by atoms with Crippen molar-refractivity contribution in [2.24, 2.45) is 0 Å². The molecule has 2 nitrogen and oxygen atoms in total. The summed E-state index contributed by atoms with van der Waals surface area (Å²) in [6.45, 7) is 25.4. The molecule has 0 unspecified atom stereocenters. The van der Waals surface area contributed by atoms with Crippen LogP contribution in [0.15, 0.2) is 22.4 Å². The van der Waals surface area contributed by atoms with Crippen LogP contribution in [0.25, 0.3) is 0 Å². The highest BCUT2D eigenvalue weighted by Crippen LogP contribution is 2.41. The van der Waals surface area contributed by atoms with E-state index in [9.17, 15) is 0 Å². The molecule has 1 fully saturated rings. The molecule has 0 saturated carbocycles. The lowest BCUT2D eigenvalue weighted by molar-refractivity contribution is 0.00578. The average molecular weight is 409 g/mol. The molecule has 1 rings (SSSR count). The molecule has 1 heterocycles. The second kappa shape index (κ2) is 9.15. The average Bonchev–Trinajstić information content (AvgIpc) is 2.66. The predicted octanol–water partition coefficient (Wildman–Crippen LogP) is 7.20. The Kier molecular flexibility index (Phi) is 8.45. The Hall–Kier alpha value is -0.101. The van der Waals surface area contributed by atoms with Crippen molar-refractivity contribution in [2.45, 2.75) is 117 Å². The van der Waals surface area contributed by atoms with Crippen LogP contribution < -0.4 is 0 Å². The molecule has 0 aromatic heterocycles. The number of hydrogen-bond donors (Lipinski definition) is 0. The minimum absolute atomic E-state index is 0.240.